The van der Waals surface area contributed by atoms with Crippen molar-refractivity contribution in [3.05, 3.63) is 53.6 Å². The van der Waals surface area contributed by atoms with Gasteiger partial charge in [0.2, 0.25) is 0 Å². The second-order valence-corrected chi connectivity index (χ2v) is 6.21. The molecule has 7 nitrogen and oxygen atoms in total. The maximum absolute atomic E-state index is 14.4. The first-order valence-electron chi connectivity index (χ1n) is 8.28. The molecule has 1 atom stereocenters. The number of pyridine rings is 1. The summed E-state index contributed by atoms with van der Waals surface area (Å²) >= 11 is 0. The molecule has 28 heavy (non-hydrogen) atoms. The Morgan fingerprint density at radius 2 is 2.14 bits per heavy atom. The molecule has 1 aromatic carbocycles. The average Bonchev–Trinajstić information content (AvgIpc) is 2.63. The topological polar surface area (TPSA) is 98.8 Å². The molecule has 2 heterocycles. The van der Waals surface area contributed by atoms with E-state index in [4.69, 9.17) is 10.5 Å². The molecule has 0 aliphatic carbocycles. The number of aromatic nitrogens is 1. The Labute approximate surface area is 158 Å². The van der Waals surface area contributed by atoms with Crippen LogP contribution >= 0.6 is 0 Å². The number of ether oxygens (including phenoxy) is 2. The minimum absolute atomic E-state index is 0.0241. The van der Waals surface area contributed by atoms with Crippen molar-refractivity contribution in [3.63, 3.8) is 0 Å². The number of nitrogens with one attached hydrogen (secondary N) is 1. The van der Waals surface area contributed by atoms with E-state index in [0.29, 0.717) is 18.7 Å². The van der Waals surface area contributed by atoms with E-state index in [0.717, 1.165) is 6.20 Å². The molecular formula is C18H17F3N4O3. The van der Waals surface area contributed by atoms with Gasteiger partial charge in [0.1, 0.15) is 22.9 Å². The molecule has 3 rings (SSSR count). The number of rotatable bonds is 5. The van der Waals surface area contributed by atoms with Crippen molar-refractivity contribution in [2.45, 2.75) is 25.6 Å². The summed E-state index contributed by atoms with van der Waals surface area (Å²) in [6.07, 6.45) is 1.42. The van der Waals surface area contributed by atoms with Gasteiger partial charge in [0.15, 0.2) is 0 Å². The third-order valence-electron chi connectivity index (χ3n) is 4.17. The molecule has 0 fully saturated rings. The number of hydrogen-bond donors (Lipinski definition) is 2. The molecule has 0 saturated carbocycles. The van der Waals surface area contributed by atoms with Gasteiger partial charge in [0.05, 0.1) is 6.20 Å². The molecule has 1 amide bonds. The highest BCUT2D eigenvalue weighted by Crippen LogP contribution is 2.34. The predicted octanol–water partition coefficient (Wildman–Crippen LogP) is 3.02. The SMILES string of the molecule is C[C@@]1(c2cc(NC(=O)c3ccc(OC(F)F)cn3)ccc2F)CCN=C(N)O1. The number of amides is 1. The van der Waals surface area contributed by atoms with E-state index in [1.54, 1.807) is 6.92 Å². The van der Waals surface area contributed by atoms with Crippen molar-refractivity contribution in [1.29, 1.82) is 0 Å². The first kappa shape index (κ1) is 19.5. The number of nitrogens with zero attached hydrogens (tertiary/aromatic N) is 2. The van der Waals surface area contributed by atoms with Crippen molar-refractivity contribution in [3.8, 4) is 5.75 Å². The number of carbonyl (C=O) groups is 1. The molecule has 10 heteroatoms. The van der Waals surface area contributed by atoms with E-state index in [2.05, 4.69) is 20.0 Å². The fourth-order valence-corrected chi connectivity index (χ4v) is 2.77. The molecule has 1 aliphatic rings. The smallest absolute Gasteiger partial charge is 0.387 e. The highest BCUT2D eigenvalue weighted by Gasteiger charge is 2.35. The van der Waals surface area contributed by atoms with Gasteiger partial charge in [-0.3, -0.25) is 4.79 Å². The summed E-state index contributed by atoms with van der Waals surface area (Å²) < 4.78 is 48.4. The first-order valence-corrected chi connectivity index (χ1v) is 8.28. The average molecular weight is 394 g/mol. The van der Waals surface area contributed by atoms with Crippen LogP contribution in [0, 0.1) is 5.82 Å². The number of amidine groups is 1. The quantitative estimate of drug-likeness (QED) is 0.812. The van der Waals surface area contributed by atoms with E-state index >= 15 is 0 Å². The highest BCUT2D eigenvalue weighted by molar-refractivity contribution is 6.02. The van der Waals surface area contributed by atoms with Crippen LogP contribution in [0.15, 0.2) is 41.5 Å². The van der Waals surface area contributed by atoms with Crippen molar-refractivity contribution in [1.82, 2.24) is 4.98 Å². The van der Waals surface area contributed by atoms with Crippen LogP contribution in [0.5, 0.6) is 5.75 Å². The lowest BCUT2D eigenvalue weighted by molar-refractivity contribution is -0.0500. The van der Waals surface area contributed by atoms with Crippen molar-refractivity contribution in [2.24, 2.45) is 10.7 Å². The Kier molecular flexibility index (Phi) is 5.39. The van der Waals surface area contributed by atoms with E-state index in [1.807, 2.05) is 0 Å². The zero-order valence-corrected chi connectivity index (χ0v) is 14.8. The largest absolute Gasteiger partial charge is 0.454 e. The Morgan fingerprint density at radius 1 is 1.36 bits per heavy atom. The first-order chi connectivity index (χ1) is 13.3. The molecule has 148 valence electrons. The molecule has 1 aliphatic heterocycles. The van der Waals surface area contributed by atoms with Crippen LogP contribution in [-0.4, -0.2) is 30.1 Å². The summed E-state index contributed by atoms with van der Waals surface area (Å²) in [4.78, 5) is 20.0. The molecule has 0 saturated heterocycles. The van der Waals surface area contributed by atoms with Crippen LogP contribution in [0.2, 0.25) is 0 Å². The maximum atomic E-state index is 14.4. The maximum Gasteiger partial charge on any atom is 0.387 e. The second kappa shape index (κ2) is 7.75. The van der Waals surface area contributed by atoms with Gasteiger partial charge in [-0.2, -0.15) is 8.78 Å². The van der Waals surface area contributed by atoms with Crippen LogP contribution < -0.4 is 15.8 Å². The number of benzene rings is 1. The summed E-state index contributed by atoms with van der Waals surface area (Å²) in [5, 5.41) is 2.58. The van der Waals surface area contributed by atoms with Gasteiger partial charge in [-0.25, -0.2) is 14.4 Å². The molecule has 2 aromatic rings. The summed E-state index contributed by atoms with van der Waals surface area (Å²) in [7, 11) is 0. The van der Waals surface area contributed by atoms with Gasteiger partial charge in [-0.15, -0.1) is 0 Å². The fourth-order valence-electron chi connectivity index (χ4n) is 2.77. The lowest BCUT2D eigenvalue weighted by Crippen LogP contribution is -2.38. The van der Waals surface area contributed by atoms with Gasteiger partial charge >= 0.3 is 6.61 Å². The zero-order valence-electron chi connectivity index (χ0n) is 14.8. The number of halogens is 3. The Balaban J connectivity index is 1.77. The van der Waals surface area contributed by atoms with Crippen LogP contribution in [0.25, 0.3) is 0 Å². The highest BCUT2D eigenvalue weighted by atomic mass is 19.3. The Bertz CT molecular complexity index is 905. The monoisotopic (exact) mass is 394 g/mol. The predicted molar refractivity (Wildman–Crippen MR) is 94.8 cm³/mol. The Hall–Kier alpha value is -3.30. The molecule has 0 bridgehead atoms. The number of anilines is 1. The van der Waals surface area contributed by atoms with E-state index < -0.39 is 23.9 Å². The van der Waals surface area contributed by atoms with Crippen molar-refractivity contribution >= 4 is 17.6 Å². The third kappa shape index (κ3) is 4.33. The summed E-state index contributed by atoms with van der Waals surface area (Å²) in [6, 6.07) is 6.44. The number of aliphatic imine (C=N–C) groups is 1. The van der Waals surface area contributed by atoms with Crippen molar-refractivity contribution in [2.75, 3.05) is 11.9 Å². The fraction of sp³-hybridized carbons (Fsp3) is 0.278. The lowest BCUT2D eigenvalue weighted by Gasteiger charge is -2.33. The van der Waals surface area contributed by atoms with Gasteiger partial charge in [0, 0.05) is 24.2 Å². The molecule has 0 unspecified atom stereocenters. The normalized spacial score (nSPS) is 19.0. The van der Waals surface area contributed by atoms with E-state index in [-0.39, 0.29) is 23.0 Å². The van der Waals surface area contributed by atoms with Crippen molar-refractivity contribution < 1.29 is 27.4 Å². The van der Waals surface area contributed by atoms with Gasteiger partial charge < -0.3 is 20.5 Å². The molecule has 0 radical (unpaired) electrons. The minimum atomic E-state index is -2.98. The summed E-state index contributed by atoms with van der Waals surface area (Å²) in [6.45, 7) is -0.918. The standard InChI is InChI=1S/C18H17F3N4O3/c1-18(6-7-23-17(22)28-18)12-8-10(2-4-13(12)19)25-15(26)14-5-3-11(9-24-14)27-16(20)21/h2-5,8-9,16H,6-7H2,1H3,(H2,22,23)(H,25,26)/t18-/m0/s1. The number of alkyl halides is 2. The van der Waals surface area contributed by atoms with Crippen LogP contribution in [0.4, 0.5) is 18.9 Å². The summed E-state index contributed by atoms with van der Waals surface area (Å²) in [5.41, 5.74) is 5.08. The molecule has 3 N–H and O–H groups in total. The number of nitrogens with two attached hydrogens (primary N) is 1. The number of carbonyl (C=O) groups excluding carboxylic acids is 1. The molecule has 1 aromatic heterocycles. The van der Waals surface area contributed by atoms with Crippen LogP contribution in [0.3, 0.4) is 0 Å². The Morgan fingerprint density at radius 3 is 2.79 bits per heavy atom. The van der Waals surface area contributed by atoms with Gasteiger partial charge in [-0.05, 0) is 37.3 Å². The minimum Gasteiger partial charge on any atom is -0.454 e. The second-order valence-electron chi connectivity index (χ2n) is 6.21. The molecular weight excluding hydrogens is 377 g/mol. The van der Waals surface area contributed by atoms with Gasteiger partial charge in [-0.1, -0.05) is 0 Å². The zero-order chi connectivity index (χ0) is 20.3. The van der Waals surface area contributed by atoms with Crippen LogP contribution in [-0.2, 0) is 10.3 Å². The lowest BCUT2D eigenvalue weighted by atomic mass is 9.90. The van der Waals surface area contributed by atoms with Gasteiger partial charge in [0.25, 0.3) is 11.9 Å². The third-order valence-corrected chi connectivity index (χ3v) is 4.17. The van der Waals surface area contributed by atoms with E-state index in [9.17, 15) is 18.0 Å². The molecule has 0 spiro atoms. The van der Waals surface area contributed by atoms with E-state index in [1.165, 1.54) is 30.3 Å². The summed E-state index contributed by atoms with van der Waals surface area (Å²) in [5.74, 6) is -1.28. The number of hydrogen-bond acceptors (Lipinski definition) is 6. The van der Waals surface area contributed by atoms with Crippen LogP contribution in [0.1, 0.15) is 29.4 Å².